The Morgan fingerprint density at radius 1 is 1.47 bits per heavy atom. The molecule has 1 saturated carbocycles. The molecular weight excluding hydrogens is 217 g/mol. The third-order valence-electron chi connectivity index (χ3n) is 3.49. The summed E-state index contributed by atoms with van der Waals surface area (Å²) in [6, 6.07) is 5.46. The van der Waals surface area contributed by atoms with Crippen molar-refractivity contribution in [2.24, 2.45) is 5.92 Å². The van der Waals surface area contributed by atoms with Crippen LogP contribution in [-0.4, -0.2) is 14.2 Å². The van der Waals surface area contributed by atoms with E-state index in [0.29, 0.717) is 5.75 Å². The predicted molar refractivity (Wildman–Crippen MR) is 66.7 cm³/mol. The molecule has 1 atom stereocenters. The normalized spacial score (nSPS) is 16.9. The van der Waals surface area contributed by atoms with Gasteiger partial charge in [0, 0.05) is 6.04 Å². The summed E-state index contributed by atoms with van der Waals surface area (Å²) >= 11 is 0. The van der Waals surface area contributed by atoms with E-state index < -0.39 is 0 Å². The minimum absolute atomic E-state index is 0.246. The number of ether oxygens (including phenoxy) is 1. The Morgan fingerprint density at radius 2 is 2.24 bits per heavy atom. The smallest absolute Gasteiger partial charge is 0.165 e. The first-order valence-corrected chi connectivity index (χ1v) is 6.25. The molecule has 0 saturated heterocycles. The van der Waals surface area contributed by atoms with Gasteiger partial charge in [0.15, 0.2) is 11.6 Å². The highest BCUT2D eigenvalue weighted by Crippen LogP contribution is 2.36. The first-order chi connectivity index (χ1) is 8.24. The molecule has 0 heterocycles. The summed E-state index contributed by atoms with van der Waals surface area (Å²) in [6.07, 6.45) is 5.05. The first-order valence-electron chi connectivity index (χ1n) is 6.25. The molecule has 0 bridgehead atoms. The van der Waals surface area contributed by atoms with Crippen molar-refractivity contribution in [1.29, 1.82) is 0 Å². The van der Waals surface area contributed by atoms with Crippen molar-refractivity contribution in [2.75, 3.05) is 14.2 Å². The number of methoxy groups -OCH3 is 1. The van der Waals surface area contributed by atoms with E-state index >= 15 is 0 Å². The molecule has 2 rings (SSSR count). The van der Waals surface area contributed by atoms with E-state index in [4.69, 9.17) is 4.74 Å². The average Bonchev–Trinajstić information content (AvgIpc) is 3.14. The predicted octanol–water partition coefficient (Wildman–Crippen LogP) is 3.29. The van der Waals surface area contributed by atoms with Gasteiger partial charge in [0.25, 0.3) is 0 Å². The van der Waals surface area contributed by atoms with Crippen molar-refractivity contribution in [2.45, 2.75) is 31.7 Å². The van der Waals surface area contributed by atoms with Gasteiger partial charge in [0.05, 0.1) is 7.11 Å². The number of nitrogens with one attached hydrogen (secondary N) is 1. The molecule has 1 unspecified atom stereocenters. The summed E-state index contributed by atoms with van der Waals surface area (Å²) in [5.41, 5.74) is 1.01. The minimum Gasteiger partial charge on any atom is -0.494 e. The quantitative estimate of drug-likeness (QED) is 0.819. The summed E-state index contributed by atoms with van der Waals surface area (Å²) in [7, 11) is 3.42. The first kappa shape index (κ1) is 12.4. The van der Waals surface area contributed by atoms with Crippen LogP contribution in [0.2, 0.25) is 0 Å². The number of hydrogen-bond donors (Lipinski definition) is 1. The van der Waals surface area contributed by atoms with Crippen LogP contribution in [0.15, 0.2) is 18.2 Å². The number of hydrogen-bond acceptors (Lipinski definition) is 2. The molecule has 1 aliphatic rings. The molecule has 0 amide bonds. The van der Waals surface area contributed by atoms with Crippen LogP contribution >= 0.6 is 0 Å². The van der Waals surface area contributed by atoms with Crippen LogP contribution in [-0.2, 0) is 0 Å². The van der Waals surface area contributed by atoms with Gasteiger partial charge < -0.3 is 10.1 Å². The van der Waals surface area contributed by atoms with Gasteiger partial charge in [-0.15, -0.1) is 0 Å². The molecule has 1 N–H and O–H groups in total. The standard InChI is InChI=1S/C14H20FNO/c1-16-13(7-5-10-3-4-10)11-6-8-14(17-2)12(15)9-11/h6,8-10,13,16H,3-5,7H2,1-2H3. The largest absolute Gasteiger partial charge is 0.494 e. The SMILES string of the molecule is CNC(CCC1CC1)c1ccc(OC)c(F)c1. The van der Waals surface area contributed by atoms with Gasteiger partial charge in [-0.25, -0.2) is 4.39 Å². The van der Waals surface area contributed by atoms with Gasteiger partial charge in [-0.3, -0.25) is 0 Å². The molecule has 0 aromatic heterocycles. The molecule has 94 valence electrons. The lowest BCUT2D eigenvalue weighted by Gasteiger charge is -2.17. The van der Waals surface area contributed by atoms with Crippen LogP contribution in [0.3, 0.4) is 0 Å². The zero-order valence-corrected chi connectivity index (χ0v) is 10.5. The monoisotopic (exact) mass is 237 g/mol. The van der Waals surface area contributed by atoms with E-state index in [1.807, 2.05) is 13.1 Å². The Kier molecular flexibility index (Phi) is 4.00. The zero-order valence-electron chi connectivity index (χ0n) is 10.5. The van der Waals surface area contributed by atoms with Gasteiger partial charge in [-0.05, 0) is 43.5 Å². The fraction of sp³-hybridized carbons (Fsp3) is 0.571. The maximum absolute atomic E-state index is 13.6. The van der Waals surface area contributed by atoms with Gasteiger partial charge in [0.2, 0.25) is 0 Å². The summed E-state index contributed by atoms with van der Waals surface area (Å²) in [4.78, 5) is 0. The number of halogens is 1. The molecule has 0 spiro atoms. The highest BCUT2D eigenvalue weighted by Gasteiger charge is 2.22. The lowest BCUT2D eigenvalue weighted by molar-refractivity contribution is 0.385. The zero-order chi connectivity index (χ0) is 12.3. The Labute approximate surface area is 102 Å². The van der Waals surface area contributed by atoms with Crippen molar-refractivity contribution in [3.63, 3.8) is 0 Å². The summed E-state index contributed by atoms with van der Waals surface area (Å²) in [5.74, 6) is 0.941. The van der Waals surface area contributed by atoms with E-state index in [2.05, 4.69) is 5.32 Å². The van der Waals surface area contributed by atoms with E-state index in [9.17, 15) is 4.39 Å². The number of benzene rings is 1. The third kappa shape index (κ3) is 3.19. The van der Waals surface area contributed by atoms with Crippen molar-refractivity contribution >= 4 is 0 Å². The molecular formula is C14H20FNO. The van der Waals surface area contributed by atoms with Crippen LogP contribution in [0, 0.1) is 11.7 Å². The molecule has 1 aliphatic carbocycles. The summed E-state index contributed by atoms with van der Waals surface area (Å²) in [6.45, 7) is 0. The van der Waals surface area contributed by atoms with Gasteiger partial charge in [0.1, 0.15) is 0 Å². The average molecular weight is 237 g/mol. The Bertz CT molecular complexity index is 376. The molecule has 1 aromatic rings. The Morgan fingerprint density at radius 3 is 2.76 bits per heavy atom. The lowest BCUT2D eigenvalue weighted by Crippen LogP contribution is -2.16. The fourth-order valence-electron chi connectivity index (χ4n) is 2.19. The van der Waals surface area contributed by atoms with Gasteiger partial charge >= 0.3 is 0 Å². The highest BCUT2D eigenvalue weighted by atomic mass is 19.1. The van der Waals surface area contributed by atoms with Crippen LogP contribution in [0.4, 0.5) is 4.39 Å². The Hall–Kier alpha value is -1.09. The van der Waals surface area contributed by atoms with Gasteiger partial charge in [-0.2, -0.15) is 0 Å². The lowest BCUT2D eigenvalue weighted by atomic mass is 10.0. The van der Waals surface area contributed by atoms with Crippen molar-refractivity contribution < 1.29 is 9.13 Å². The molecule has 17 heavy (non-hydrogen) atoms. The second-order valence-corrected chi connectivity index (χ2v) is 4.76. The molecule has 1 aromatic carbocycles. The van der Waals surface area contributed by atoms with Crippen LogP contribution < -0.4 is 10.1 Å². The van der Waals surface area contributed by atoms with E-state index in [0.717, 1.165) is 17.9 Å². The molecule has 2 nitrogen and oxygen atoms in total. The minimum atomic E-state index is -0.281. The van der Waals surface area contributed by atoms with Crippen molar-refractivity contribution in [3.05, 3.63) is 29.6 Å². The highest BCUT2D eigenvalue weighted by molar-refractivity contribution is 5.31. The number of rotatable bonds is 6. The van der Waals surface area contributed by atoms with E-state index in [1.54, 1.807) is 12.1 Å². The van der Waals surface area contributed by atoms with E-state index in [-0.39, 0.29) is 11.9 Å². The molecule has 3 heteroatoms. The van der Waals surface area contributed by atoms with Crippen molar-refractivity contribution in [1.82, 2.24) is 5.32 Å². The molecule has 1 fully saturated rings. The van der Waals surface area contributed by atoms with Crippen LogP contribution in [0.5, 0.6) is 5.75 Å². The Balaban J connectivity index is 2.03. The van der Waals surface area contributed by atoms with Crippen molar-refractivity contribution in [3.8, 4) is 5.75 Å². The second-order valence-electron chi connectivity index (χ2n) is 4.76. The van der Waals surface area contributed by atoms with Crippen LogP contribution in [0.25, 0.3) is 0 Å². The maximum Gasteiger partial charge on any atom is 0.165 e. The molecule has 0 radical (unpaired) electrons. The van der Waals surface area contributed by atoms with Gasteiger partial charge in [-0.1, -0.05) is 18.9 Å². The van der Waals surface area contributed by atoms with E-state index in [1.165, 1.54) is 26.4 Å². The topological polar surface area (TPSA) is 21.3 Å². The summed E-state index contributed by atoms with van der Waals surface area (Å²) in [5, 5.41) is 3.26. The second kappa shape index (κ2) is 5.50. The van der Waals surface area contributed by atoms with Crippen LogP contribution in [0.1, 0.15) is 37.3 Å². The maximum atomic E-state index is 13.6. The molecule has 0 aliphatic heterocycles. The fourth-order valence-corrected chi connectivity index (χ4v) is 2.19. The summed E-state index contributed by atoms with van der Waals surface area (Å²) < 4.78 is 18.5. The third-order valence-corrected chi connectivity index (χ3v) is 3.49.